The fraction of sp³-hybridized carbons (Fsp3) is 0.300. The molecule has 0 saturated carbocycles. The highest BCUT2D eigenvalue weighted by Gasteiger charge is 2.16. The highest BCUT2D eigenvalue weighted by molar-refractivity contribution is 5.61. The number of hydrogen-bond acceptors (Lipinski definition) is 4. The molecule has 2 N–H and O–H groups in total. The lowest BCUT2D eigenvalue weighted by Crippen LogP contribution is -2.19. The quantitative estimate of drug-likeness (QED) is 0.620. The molecule has 84 valence electrons. The molecule has 0 amide bonds. The van der Waals surface area contributed by atoms with Crippen LogP contribution in [0.1, 0.15) is 12.6 Å². The molecular weight excluding hydrogens is 208 g/mol. The van der Waals surface area contributed by atoms with Crippen LogP contribution in [-0.2, 0) is 6.42 Å². The number of fused-ring (bicyclic) bond motifs is 1. The molecule has 0 aromatic carbocycles. The molecule has 2 aromatic heterocycles. The molecule has 1 atom stereocenters. The standard InChI is InChI=1S/C10H12N4O2/c1-7(11)5-8-3-2-4-9-10(14(15)16)12-6-13(8)9/h2-4,6-7H,5,11H2,1H3. The Morgan fingerprint density at radius 3 is 3.00 bits per heavy atom. The Morgan fingerprint density at radius 1 is 1.62 bits per heavy atom. The Bertz CT molecular complexity index is 533. The van der Waals surface area contributed by atoms with Crippen LogP contribution in [0, 0.1) is 10.1 Å². The zero-order chi connectivity index (χ0) is 11.7. The van der Waals surface area contributed by atoms with Crippen molar-refractivity contribution in [3.8, 4) is 0 Å². The molecule has 6 heteroatoms. The van der Waals surface area contributed by atoms with Crippen LogP contribution in [0.4, 0.5) is 5.82 Å². The highest BCUT2D eigenvalue weighted by atomic mass is 16.6. The predicted molar refractivity (Wildman–Crippen MR) is 59.2 cm³/mol. The van der Waals surface area contributed by atoms with Crippen LogP contribution >= 0.6 is 0 Å². The maximum atomic E-state index is 10.7. The van der Waals surface area contributed by atoms with Crippen molar-refractivity contribution in [1.82, 2.24) is 9.38 Å². The van der Waals surface area contributed by atoms with Gasteiger partial charge in [0.1, 0.15) is 5.52 Å². The third-order valence-corrected chi connectivity index (χ3v) is 2.34. The molecule has 6 nitrogen and oxygen atoms in total. The van der Waals surface area contributed by atoms with Gasteiger partial charge >= 0.3 is 5.82 Å². The number of hydrogen-bond donors (Lipinski definition) is 1. The van der Waals surface area contributed by atoms with E-state index in [4.69, 9.17) is 5.73 Å². The van der Waals surface area contributed by atoms with Crippen molar-refractivity contribution in [2.45, 2.75) is 19.4 Å². The maximum Gasteiger partial charge on any atom is 0.389 e. The molecule has 0 saturated heterocycles. The monoisotopic (exact) mass is 220 g/mol. The summed E-state index contributed by atoms with van der Waals surface area (Å²) in [7, 11) is 0. The summed E-state index contributed by atoms with van der Waals surface area (Å²) in [6.07, 6.45) is 2.12. The largest absolute Gasteiger partial charge is 0.389 e. The van der Waals surface area contributed by atoms with E-state index in [0.29, 0.717) is 11.9 Å². The summed E-state index contributed by atoms with van der Waals surface area (Å²) in [5.41, 5.74) is 7.14. The fourth-order valence-electron chi connectivity index (χ4n) is 1.70. The number of nitrogens with zero attached hydrogens (tertiary/aromatic N) is 3. The van der Waals surface area contributed by atoms with E-state index in [9.17, 15) is 10.1 Å². The summed E-state index contributed by atoms with van der Waals surface area (Å²) in [4.78, 5) is 14.0. The van der Waals surface area contributed by atoms with Gasteiger partial charge in [0.25, 0.3) is 0 Å². The first-order valence-electron chi connectivity index (χ1n) is 4.94. The van der Waals surface area contributed by atoms with Crippen LogP contribution in [0.5, 0.6) is 0 Å². The number of pyridine rings is 1. The molecule has 0 fully saturated rings. The molecule has 1 unspecified atom stereocenters. The molecule has 2 aromatic rings. The minimum absolute atomic E-state index is 0.00653. The van der Waals surface area contributed by atoms with Crippen molar-refractivity contribution < 1.29 is 4.92 Å². The first-order valence-corrected chi connectivity index (χ1v) is 4.94. The second-order valence-corrected chi connectivity index (χ2v) is 3.78. The van der Waals surface area contributed by atoms with Crippen LogP contribution in [0.3, 0.4) is 0 Å². The van der Waals surface area contributed by atoms with Gasteiger partial charge in [-0.1, -0.05) is 6.07 Å². The van der Waals surface area contributed by atoms with Gasteiger partial charge in [0.05, 0.1) is 0 Å². The average molecular weight is 220 g/mol. The van der Waals surface area contributed by atoms with Crippen molar-refractivity contribution in [2.24, 2.45) is 5.73 Å². The van der Waals surface area contributed by atoms with Gasteiger partial charge in [-0.05, 0) is 29.0 Å². The number of imidazole rings is 1. The van der Waals surface area contributed by atoms with Crippen molar-refractivity contribution >= 4 is 11.3 Å². The molecule has 0 aliphatic carbocycles. The molecule has 2 rings (SSSR count). The van der Waals surface area contributed by atoms with Crippen molar-refractivity contribution in [3.63, 3.8) is 0 Å². The van der Waals surface area contributed by atoms with Crippen molar-refractivity contribution in [3.05, 3.63) is 40.3 Å². The zero-order valence-corrected chi connectivity index (χ0v) is 8.83. The Balaban J connectivity index is 2.57. The molecule has 16 heavy (non-hydrogen) atoms. The van der Waals surface area contributed by atoms with Gasteiger partial charge in [0.15, 0.2) is 0 Å². The summed E-state index contributed by atoms with van der Waals surface area (Å²) in [5.74, 6) is -0.119. The normalized spacial score (nSPS) is 12.9. The smallest absolute Gasteiger partial charge is 0.358 e. The van der Waals surface area contributed by atoms with E-state index in [1.165, 1.54) is 6.33 Å². The lowest BCUT2D eigenvalue weighted by Gasteiger charge is -2.06. The van der Waals surface area contributed by atoms with E-state index >= 15 is 0 Å². The Labute approximate surface area is 91.9 Å². The van der Waals surface area contributed by atoms with Crippen LogP contribution in [-0.4, -0.2) is 20.3 Å². The topological polar surface area (TPSA) is 86.5 Å². The van der Waals surface area contributed by atoms with Gasteiger partial charge in [0.2, 0.25) is 6.33 Å². The third-order valence-electron chi connectivity index (χ3n) is 2.34. The zero-order valence-electron chi connectivity index (χ0n) is 8.83. The highest BCUT2D eigenvalue weighted by Crippen LogP contribution is 2.19. The number of aromatic nitrogens is 2. The van der Waals surface area contributed by atoms with Crippen LogP contribution in [0.2, 0.25) is 0 Å². The van der Waals surface area contributed by atoms with Crippen molar-refractivity contribution in [1.29, 1.82) is 0 Å². The summed E-state index contributed by atoms with van der Waals surface area (Å²) < 4.78 is 1.71. The van der Waals surface area contributed by atoms with E-state index in [-0.39, 0.29) is 11.9 Å². The molecule has 0 aliphatic rings. The molecule has 2 heterocycles. The minimum Gasteiger partial charge on any atom is -0.358 e. The molecular formula is C10H12N4O2. The minimum atomic E-state index is -0.481. The van der Waals surface area contributed by atoms with E-state index in [2.05, 4.69) is 4.98 Å². The number of nitro groups is 1. The summed E-state index contributed by atoms with van der Waals surface area (Å²) in [5, 5.41) is 10.7. The Hall–Kier alpha value is -1.95. The SMILES string of the molecule is CC(N)Cc1cccc2c([N+](=O)[O-])ncn12. The van der Waals surface area contributed by atoms with Gasteiger partial charge in [-0.2, -0.15) is 0 Å². The van der Waals surface area contributed by atoms with Gasteiger partial charge in [-0.3, -0.25) is 4.40 Å². The summed E-state index contributed by atoms with van der Waals surface area (Å²) in [6.45, 7) is 1.89. The second kappa shape index (κ2) is 3.90. The van der Waals surface area contributed by atoms with Crippen LogP contribution < -0.4 is 5.73 Å². The summed E-state index contributed by atoms with van der Waals surface area (Å²) >= 11 is 0. The third kappa shape index (κ3) is 1.74. The van der Waals surface area contributed by atoms with Gasteiger partial charge in [0, 0.05) is 18.2 Å². The van der Waals surface area contributed by atoms with E-state index in [0.717, 1.165) is 5.69 Å². The average Bonchev–Trinajstić information content (AvgIpc) is 2.61. The van der Waals surface area contributed by atoms with Crippen LogP contribution in [0.15, 0.2) is 24.5 Å². The predicted octanol–water partition coefficient (Wildman–Crippen LogP) is 1.13. The number of rotatable bonds is 3. The molecule has 0 radical (unpaired) electrons. The maximum absolute atomic E-state index is 10.7. The fourth-order valence-corrected chi connectivity index (χ4v) is 1.70. The molecule has 0 bridgehead atoms. The van der Waals surface area contributed by atoms with E-state index in [1.54, 1.807) is 16.5 Å². The Morgan fingerprint density at radius 2 is 2.38 bits per heavy atom. The summed E-state index contributed by atoms with van der Waals surface area (Å²) in [6, 6.07) is 5.35. The lowest BCUT2D eigenvalue weighted by molar-refractivity contribution is -0.387. The first kappa shape index (κ1) is 10.6. The van der Waals surface area contributed by atoms with Gasteiger partial charge in [-0.25, -0.2) is 0 Å². The van der Waals surface area contributed by atoms with E-state index in [1.807, 2.05) is 13.0 Å². The molecule has 0 spiro atoms. The lowest BCUT2D eigenvalue weighted by atomic mass is 10.2. The van der Waals surface area contributed by atoms with Crippen molar-refractivity contribution in [2.75, 3.05) is 0 Å². The van der Waals surface area contributed by atoms with Gasteiger partial charge in [-0.15, -0.1) is 0 Å². The second-order valence-electron chi connectivity index (χ2n) is 3.78. The van der Waals surface area contributed by atoms with Crippen LogP contribution in [0.25, 0.3) is 5.52 Å². The first-order chi connectivity index (χ1) is 7.59. The van der Waals surface area contributed by atoms with E-state index < -0.39 is 4.92 Å². The van der Waals surface area contributed by atoms with Gasteiger partial charge < -0.3 is 15.8 Å². The number of nitrogens with two attached hydrogens (primary N) is 1. The Kier molecular flexibility index (Phi) is 2.57. The molecule has 0 aliphatic heterocycles.